The number of benzene rings is 2. The molecule has 12 nitrogen and oxygen atoms in total. The Bertz CT molecular complexity index is 1820. The number of aromatic nitrogens is 4. The average molecular weight is 609 g/mol. The van der Waals surface area contributed by atoms with Crippen LogP contribution in [-0.2, 0) is 16.1 Å². The van der Waals surface area contributed by atoms with Crippen molar-refractivity contribution in [2.75, 3.05) is 38.6 Å². The molecule has 2 aliphatic rings. The van der Waals surface area contributed by atoms with E-state index in [0.29, 0.717) is 54.5 Å². The molecule has 1 atom stereocenters. The van der Waals surface area contributed by atoms with Crippen LogP contribution in [0.2, 0.25) is 0 Å². The van der Waals surface area contributed by atoms with Gasteiger partial charge in [0.25, 0.3) is 5.91 Å². The number of morpholine rings is 1. The second-order valence-corrected chi connectivity index (χ2v) is 11.8. The molecular formula is C33H36N8O4. The first-order valence-electron chi connectivity index (χ1n) is 15.1. The number of nitriles is 1. The van der Waals surface area contributed by atoms with Crippen molar-refractivity contribution in [2.24, 2.45) is 0 Å². The summed E-state index contributed by atoms with van der Waals surface area (Å²) in [6, 6.07) is 18.4. The predicted molar refractivity (Wildman–Crippen MR) is 169 cm³/mol. The summed E-state index contributed by atoms with van der Waals surface area (Å²) in [7, 11) is 0. The standard InChI is InChI=1S/C33H36N8O4/c1-33(2,38-15-17-44-18-16-38)19-23(20-34)31(42)39-14-6-7-25(39)21-40-30-28(29(35)36-22-37-30)41(32(40)43)24-10-12-27(13-11-24)45-26-8-4-3-5-9-26/h3-5,8-13,19,22,25H,6-7,14-18,21H2,1-2H3,(H2,35,36,37)/b23-19+/t25-/m0/s1. The van der Waals surface area contributed by atoms with Crippen molar-refractivity contribution in [1.82, 2.24) is 28.9 Å². The summed E-state index contributed by atoms with van der Waals surface area (Å²) in [5.74, 6) is 1.15. The van der Waals surface area contributed by atoms with E-state index in [2.05, 4.69) is 20.9 Å². The van der Waals surface area contributed by atoms with Gasteiger partial charge in [-0.05, 0) is 69.2 Å². The number of carbonyl (C=O) groups excluding carboxylic acids is 1. The molecule has 2 saturated heterocycles. The lowest BCUT2D eigenvalue weighted by Gasteiger charge is -2.39. The minimum atomic E-state index is -0.500. The van der Waals surface area contributed by atoms with Gasteiger partial charge in [0.2, 0.25) is 0 Å². The molecule has 2 N–H and O–H groups in total. The van der Waals surface area contributed by atoms with Gasteiger partial charge in [-0.3, -0.25) is 18.8 Å². The molecule has 6 rings (SSSR count). The van der Waals surface area contributed by atoms with Crippen molar-refractivity contribution in [3.8, 4) is 23.3 Å². The largest absolute Gasteiger partial charge is 0.457 e. The molecule has 2 fully saturated rings. The normalized spacial score (nSPS) is 17.8. The lowest BCUT2D eigenvalue weighted by molar-refractivity contribution is -0.127. The summed E-state index contributed by atoms with van der Waals surface area (Å²) in [6.07, 6.45) is 4.53. The highest BCUT2D eigenvalue weighted by Crippen LogP contribution is 2.28. The van der Waals surface area contributed by atoms with Crippen molar-refractivity contribution in [2.45, 2.75) is 44.8 Å². The highest BCUT2D eigenvalue weighted by Gasteiger charge is 2.35. The SMILES string of the molecule is CC(C)(/C=C(\C#N)C(=O)N1CCC[C@H]1Cn1c(=O)n(-c2ccc(Oc3ccccc3)cc2)c2c(N)ncnc21)N1CCOCC1. The summed E-state index contributed by atoms with van der Waals surface area (Å²) in [5, 5.41) is 10.0. The Labute approximate surface area is 260 Å². The molecule has 0 spiro atoms. The number of ether oxygens (including phenoxy) is 2. The second-order valence-electron chi connectivity index (χ2n) is 11.8. The van der Waals surface area contributed by atoms with Crippen molar-refractivity contribution in [3.63, 3.8) is 0 Å². The Balaban J connectivity index is 1.29. The van der Waals surface area contributed by atoms with E-state index < -0.39 is 5.54 Å². The molecule has 2 aliphatic heterocycles. The number of nitrogens with zero attached hydrogens (tertiary/aromatic N) is 7. The smallest absolute Gasteiger partial charge is 0.335 e. The quantitative estimate of drug-likeness (QED) is 0.235. The van der Waals surface area contributed by atoms with Gasteiger partial charge in [0.1, 0.15) is 35.0 Å². The number of hydrogen-bond acceptors (Lipinski definition) is 9. The third kappa shape index (κ3) is 6.05. The van der Waals surface area contributed by atoms with E-state index in [-0.39, 0.29) is 35.6 Å². The van der Waals surface area contributed by atoms with Gasteiger partial charge >= 0.3 is 5.69 Å². The molecule has 0 aliphatic carbocycles. The first-order chi connectivity index (χ1) is 21.8. The van der Waals surface area contributed by atoms with E-state index in [4.69, 9.17) is 15.2 Å². The van der Waals surface area contributed by atoms with Crippen LogP contribution >= 0.6 is 0 Å². The summed E-state index contributed by atoms with van der Waals surface area (Å²) < 4.78 is 14.4. The van der Waals surface area contributed by atoms with Gasteiger partial charge in [0.05, 0.1) is 24.9 Å². The topological polar surface area (TPSA) is 145 Å². The van der Waals surface area contributed by atoms with Gasteiger partial charge in [-0.2, -0.15) is 5.26 Å². The fourth-order valence-corrected chi connectivity index (χ4v) is 6.18. The summed E-state index contributed by atoms with van der Waals surface area (Å²) in [6.45, 7) is 7.38. The first kappa shape index (κ1) is 30.1. The third-order valence-corrected chi connectivity index (χ3v) is 8.51. The van der Waals surface area contributed by atoms with Crippen LogP contribution in [-0.4, -0.2) is 79.2 Å². The molecule has 12 heteroatoms. The molecule has 45 heavy (non-hydrogen) atoms. The zero-order valence-electron chi connectivity index (χ0n) is 25.4. The molecule has 0 radical (unpaired) electrons. The molecule has 4 heterocycles. The molecule has 232 valence electrons. The van der Waals surface area contributed by atoms with Crippen LogP contribution in [0.25, 0.3) is 16.9 Å². The number of anilines is 1. The minimum absolute atomic E-state index is 0.0950. The van der Waals surface area contributed by atoms with Crippen LogP contribution in [0.5, 0.6) is 11.5 Å². The number of likely N-dealkylation sites (tertiary alicyclic amines) is 1. The summed E-state index contributed by atoms with van der Waals surface area (Å²) >= 11 is 0. The number of para-hydroxylation sites is 1. The highest BCUT2D eigenvalue weighted by molar-refractivity contribution is 5.97. The monoisotopic (exact) mass is 608 g/mol. The Hall–Kier alpha value is -4.99. The first-order valence-corrected chi connectivity index (χ1v) is 15.1. The number of imidazole rings is 1. The van der Waals surface area contributed by atoms with Gasteiger partial charge in [0.15, 0.2) is 11.5 Å². The van der Waals surface area contributed by atoms with E-state index in [1.165, 1.54) is 10.9 Å². The maximum absolute atomic E-state index is 14.0. The van der Waals surface area contributed by atoms with E-state index >= 15 is 0 Å². The van der Waals surface area contributed by atoms with Crippen molar-refractivity contribution in [3.05, 3.63) is 83.1 Å². The number of hydrogen-bond donors (Lipinski definition) is 1. The van der Waals surface area contributed by atoms with Gasteiger partial charge in [-0.25, -0.2) is 14.8 Å². The van der Waals surface area contributed by atoms with Crippen LogP contribution in [0.4, 0.5) is 5.82 Å². The van der Waals surface area contributed by atoms with Crippen LogP contribution < -0.4 is 16.2 Å². The van der Waals surface area contributed by atoms with Crippen LogP contribution in [0.3, 0.4) is 0 Å². The van der Waals surface area contributed by atoms with Crippen LogP contribution in [0.1, 0.15) is 26.7 Å². The maximum atomic E-state index is 14.0. The average Bonchev–Trinajstić information content (AvgIpc) is 3.64. The Morgan fingerprint density at radius 2 is 1.80 bits per heavy atom. The molecular weight excluding hydrogens is 572 g/mol. The number of fused-ring (bicyclic) bond motifs is 1. The second kappa shape index (κ2) is 12.6. The molecule has 4 aromatic rings. The van der Waals surface area contributed by atoms with Gasteiger partial charge in [-0.1, -0.05) is 18.2 Å². The fraction of sp³-hybridized carbons (Fsp3) is 0.364. The Morgan fingerprint density at radius 3 is 2.51 bits per heavy atom. The molecule has 0 unspecified atom stereocenters. The Kier molecular flexibility index (Phi) is 8.38. The van der Waals surface area contributed by atoms with Crippen molar-refractivity contribution in [1.29, 1.82) is 5.26 Å². The lowest BCUT2D eigenvalue weighted by atomic mass is 9.97. The highest BCUT2D eigenvalue weighted by atomic mass is 16.5. The number of amides is 1. The van der Waals surface area contributed by atoms with E-state index in [0.717, 1.165) is 19.5 Å². The minimum Gasteiger partial charge on any atom is -0.457 e. The van der Waals surface area contributed by atoms with E-state index in [1.54, 1.807) is 39.8 Å². The summed E-state index contributed by atoms with van der Waals surface area (Å²) in [4.78, 5) is 40.3. The summed E-state index contributed by atoms with van der Waals surface area (Å²) in [5.41, 5.74) is 6.89. The van der Waals surface area contributed by atoms with Crippen molar-refractivity contribution < 1.29 is 14.3 Å². The Morgan fingerprint density at radius 1 is 1.09 bits per heavy atom. The van der Waals surface area contributed by atoms with E-state index in [9.17, 15) is 14.9 Å². The molecule has 2 aromatic carbocycles. The number of carbonyl (C=O) groups is 1. The molecule has 0 saturated carbocycles. The third-order valence-electron chi connectivity index (χ3n) is 8.51. The zero-order valence-corrected chi connectivity index (χ0v) is 25.4. The van der Waals surface area contributed by atoms with Gasteiger partial charge < -0.3 is 20.1 Å². The number of nitrogens with two attached hydrogens (primary N) is 1. The lowest BCUT2D eigenvalue weighted by Crippen LogP contribution is -2.49. The number of rotatable bonds is 8. The molecule has 2 aromatic heterocycles. The number of nitrogen functional groups attached to an aromatic ring is 1. The van der Waals surface area contributed by atoms with Crippen LogP contribution in [0, 0.1) is 11.3 Å². The van der Waals surface area contributed by atoms with Crippen molar-refractivity contribution >= 4 is 22.9 Å². The fourth-order valence-electron chi connectivity index (χ4n) is 6.18. The van der Waals surface area contributed by atoms with Gasteiger partial charge in [0, 0.05) is 31.7 Å². The zero-order chi connectivity index (χ0) is 31.6. The maximum Gasteiger partial charge on any atom is 0.335 e. The van der Waals surface area contributed by atoms with Gasteiger partial charge in [-0.15, -0.1) is 0 Å². The van der Waals surface area contributed by atoms with E-state index in [1.807, 2.05) is 44.2 Å². The predicted octanol–water partition coefficient (Wildman–Crippen LogP) is 3.51. The molecule has 1 amide bonds. The molecule has 0 bridgehead atoms. The van der Waals surface area contributed by atoms with Crippen LogP contribution in [0.15, 0.2) is 77.4 Å².